The van der Waals surface area contributed by atoms with Crippen LogP contribution in [0.15, 0.2) is 72.8 Å². The summed E-state index contributed by atoms with van der Waals surface area (Å²) in [5.41, 5.74) is 1.39. The number of methoxy groups -OCH3 is 2. The van der Waals surface area contributed by atoms with Crippen LogP contribution in [0.25, 0.3) is 6.08 Å². The minimum absolute atomic E-state index is 0.218. The Labute approximate surface area is 173 Å². The van der Waals surface area contributed by atoms with Gasteiger partial charge in [-0.15, -0.1) is 0 Å². The topological polar surface area (TPSA) is 61.8 Å². The van der Waals surface area contributed by atoms with Gasteiger partial charge in [-0.1, -0.05) is 0 Å². The summed E-state index contributed by atoms with van der Waals surface area (Å²) in [6, 6.07) is 16.5. The van der Waals surface area contributed by atoms with Gasteiger partial charge in [-0.25, -0.2) is 9.18 Å². The van der Waals surface area contributed by atoms with E-state index in [9.17, 15) is 14.0 Å². The highest BCUT2D eigenvalue weighted by Crippen LogP contribution is 2.26. The second kappa shape index (κ2) is 9.52. The number of benzene rings is 3. The lowest BCUT2D eigenvalue weighted by Crippen LogP contribution is -2.08. The van der Waals surface area contributed by atoms with Crippen LogP contribution in [0, 0.1) is 5.82 Å². The first-order valence-electron chi connectivity index (χ1n) is 9.02. The van der Waals surface area contributed by atoms with Crippen molar-refractivity contribution in [2.45, 2.75) is 0 Å². The minimum Gasteiger partial charge on any atom is -0.497 e. The fraction of sp³-hybridized carbons (Fsp3) is 0.0833. The van der Waals surface area contributed by atoms with E-state index in [2.05, 4.69) is 0 Å². The number of ether oxygens (including phenoxy) is 3. The molecule has 0 aromatic heterocycles. The molecule has 3 aromatic carbocycles. The van der Waals surface area contributed by atoms with Crippen molar-refractivity contribution in [1.82, 2.24) is 0 Å². The van der Waals surface area contributed by atoms with E-state index in [-0.39, 0.29) is 17.1 Å². The van der Waals surface area contributed by atoms with E-state index in [1.165, 1.54) is 42.5 Å². The lowest BCUT2D eigenvalue weighted by atomic mass is 10.1. The highest BCUT2D eigenvalue weighted by molar-refractivity contribution is 6.07. The van der Waals surface area contributed by atoms with Crippen molar-refractivity contribution < 1.29 is 28.2 Å². The van der Waals surface area contributed by atoms with E-state index in [4.69, 9.17) is 14.2 Å². The third-order valence-corrected chi connectivity index (χ3v) is 4.28. The molecular formula is C24H19FO5. The molecule has 0 radical (unpaired) electrons. The molecule has 0 spiro atoms. The van der Waals surface area contributed by atoms with Gasteiger partial charge in [0.25, 0.3) is 0 Å². The SMILES string of the molecule is COc1ccc(C=CC(=O)c2ccc(OC(=O)c3ccc(F)cc3)cc2)c(OC)c1. The average molecular weight is 406 g/mol. The summed E-state index contributed by atoms with van der Waals surface area (Å²) in [5, 5.41) is 0. The lowest BCUT2D eigenvalue weighted by Gasteiger charge is -2.07. The first-order chi connectivity index (χ1) is 14.5. The molecule has 5 nitrogen and oxygen atoms in total. The van der Waals surface area contributed by atoms with E-state index in [1.807, 2.05) is 0 Å². The summed E-state index contributed by atoms with van der Waals surface area (Å²) in [6.07, 6.45) is 3.09. The molecular weight excluding hydrogens is 387 g/mol. The van der Waals surface area contributed by atoms with Gasteiger partial charge in [-0.2, -0.15) is 0 Å². The molecule has 0 aliphatic heterocycles. The number of halogens is 1. The second-order valence-corrected chi connectivity index (χ2v) is 6.23. The molecule has 0 aliphatic rings. The molecule has 3 aromatic rings. The van der Waals surface area contributed by atoms with E-state index in [0.717, 1.165) is 5.56 Å². The van der Waals surface area contributed by atoms with Gasteiger partial charge in [0.2, 0.25) is 0 Å². The van der Waals surface area contributed by atoms with Crippen molar-refractivity contribution in [2.75, 3.05) is 14.2 Å². The van der Waals surface area contributed by atoms with Crippen LogP contribution in [0.1, 0.15) is 26.3 Å². The highest BCUT2D eigenvalue weighted by Gasteiger charge is 2.10. The van der Waals surface area contributed by atoms with E-state index < -0.39 is 11.8 Å². The maximum Gasteiger partial charge on any atom is 0.343 e. The van der Waals surface area contributed by atoms with Crippen LogP contribution in [0.5, 0.6) is 17.2 Å². The van der Waals surface area contributed by atoms with Crippen LogP contribution >= 0.6 is 0 Å². The van der Waals surface area contributed by atoms with E-state index >= 15 is 0 Å². The Morgan fingerprint density at radius 2 is 1.43 bits per heavy atom. The third kappa shape index (κ3) is 5.11. The van der Waals surface area contributed by atoms with Crippen LogP contribution in [0.3, 0.4) is 0 Å². The molecule has 6 heteroatoms. The normalized spacial score (nSPS) is 10.6. The van der Waals surface area contributed by atoms with Crippen molar-refractivity contribution in [3.8, 4) is 17.2 Å². The Morgan fingerprint density at radius 1 is 0.800 bits per heavy atom. The first-order valence-corrected chi connectivity index (χ1v) is 9.02. The fourth-order valence-electron chi connectivity index (χ4n) is 2.66. The number of esters is 1. The predicted octanol–water partition coefficient (Wildman–Crippen LogP) is 4.96. The summed E-state index contributed by atoms with van der Waals surface area (Å²) in [5.74, 6) is 0.254. The summed E-state index contributed by atoms with van der Waals surface area (Å²) in [4.78, 5) is 24.5. The predicted molar refractivity (Wildman–Crippen MR) is 111 cm³/mol. The molecule has 0 fully saturated rings. The van der Waals surface area contributed by atoms with Crippen LogP contribution < -0.4 is 14.2 Å². The first kappa shape index (κ1) is 20.8. The molecule has 0 amide bonds. The Balaban J connectivity index is 1.67. The van der Waals surface area contributed by atoms with Crippen molar-refractivity contribution >= 4 is 17.8 Å². The number of hydrogen-bond donors (Lipinski definition) is 0. The summed E-state index contributed by atoms with van der Waals surface area (Å²) in [6.45, 7) is 0. The fourth-order valence-corrected chi connectivity index (χ4v) is 2.66. The Hall–Kier alpha value is -3.93. The molecule has 0 saturated heterocycles. The summed E-state index contributed by atoms with van der Waals surface area (Å²) in [7, 11) is 3.11. The zero-order chi connectivity index (χ0) is 21.5. The Kier molecular flexibility index (Phi) is 6.60. The third-order valence-electron chi connectivity index (χ3n) is 4.28. The molecule has 0 aliphatic carbocycles. The maximum absolute atomic E-state index is 12.9. The summed E-state index contributed by atoms with van der Waals surface area (Å²) >= 11 is 0. The van der Waals surface area contributed by atoms with E-state index in [1.54, 1.807) is 50.6 Å². The second-order valence-electron chi connectivity index (χ2n) is 6.23. The van der Waals surface area contributed by atoms with Gasteiger partial charge in [0.15, 0.2) is 5.78 Å². The molecule has 3 rings (SSSR count). The number of carbonyl (C=O) groups excluding carboxylic acids is 2. The Bertz CT molecular complexity index is 1070. The van der Waals surface area contributed by atoms with Crippen LogP contribution in [0.2, 0.25) is 0 Å². The number of rotatable bonds is 7. The van der Waals surface area contributed by atoms with E-state index in [0.29, 0.717) is 17.1 Å². The molecule has 152 valence electrons. The Morgan fingerprint density at radius 3 is 2.07 bits per heavy atom. The molecule has 0 N–H and O–H groups in total. The van der Waals surface area contributed by atoms with Gasteiger partial charge >= 0.3 is 5.97 Å². The zero-order valence-corrected chi connectivity index (χ0v) is 16.4. The van der Waals surface area contributed by atoms with Gasteiger partial charge in [-0.3, -0.25) is 4.79 Å². The lowest BCUT2D eigenvalue weighted by molar-refractivity contribution is 0.0734. The van der Waals surface area contributed by atoms with Gasteiger partial charge in [-0.05, 0) is 72.8 Å². The molecule has 0 atom stereocenters. The average Bonchev–Trinajstić information content (AvgIpc) is 2.78. The van der Waals surface area contributed by atoms with Gasteiger partial charge in [0.05, 0.1) is 19.8 Å². The molecule has 0 heterocycles. The maximum atomic E-state index is 12.9. The molecule has 30 heavy (non-hydrogen) atoms. The smallest absolute Gasteiger partial charge is 0.343 e. The quantitative estimate of drug-likeness (QED) is 0.240. The largest absolute Gasteiger partial charge is 0.497 e. The van der Waals surface area contributed by atoms with Gasteiger partial charge in [0, 0.05) is 17.2 Å². The van der Waals surface area contributed by atoms with Crippen molar-refractivity contribution in [2.24, 2.45) is 0 Å². The van der Waals surface area contributed by atoms with Gasteiger partial charge < -0.3 is 14.2 Å². The highest BCUT2D eigenvalue weighted by atomic mass is 19.1. The van der Waals surface area contributed by atoms with Crippen molar-refractivity contribution in [3.63, 3.8) is 0 Å². The molecule has 0 saturated carbocycles. The standard InChI is InChI=1S/C24H19FO5/c1-28-21-13-7-17(23(15-21)29-2)8-14-22(26)16-5-11-20(12-6-16)30-24(27)18-3-9-19(25)10-4-18/h3-15H,1-2H3. The monoisotopic (exact) mass is 406 g/mol. The zero-order valence-electron chi connectivity index (χ0n) is 16.4. The van der Waals surface area contributed by atoms with Crippen molar-refractivity contribution in [1.29, 1.82) is 0 Å². The number of carbonyl (C=O) groups is 2. The number of hydrogen-bond acceptors (Lipinski definition) is 5. The molecule has 0 unspecified atom stereocenters. The van der Waals surface area contributed by atoms with Gasteiger partial charge in [0.1, 0.15) is 23.1 Å². The number of ketones is 1. The van der Waals surface area contributed by atoms with Crippen LogP contribution in [0.4, 0.5) is 4.39 Å². The minimum atomic E-state index is -0.611. The van der Waals surface area contributed by atoms with Crippen molar-refractivity contribution in [3.05, 3.63) is 95.3 Å². The molecule has 0 bridgehead atoms. The number of allylic oxidation sites excluding steroid dienone is 1. The summed E-state index contributed by atoms with van der Waals surface area (Å²) < 4.78 is 28.6. The van der Waals surface area contributed by atoms with Crippen LogP contribution in [-0.2, 0) is 0 Å². The van der Waals surface area contributed by atoms with Crippen LogP contribution in [-0.4, -0.2) is 26.0 Å².